The highest BCUT2D eigenvalue weighted by molar-refractivity contribution is 14.0. The third-order valence-corrected chi connectivity index (χ3v) is 6.22. The molecule has 5 nitrogen and oxygen atoms in total. The Morgan fingerprint density at radius 2 is 1.96 bits per heavy atom. The monoisotopic (exact) mass is 518 g/mol. The van der Waals surface area contributed by atoms with E-state index >= 15 is 0 Å². The van der Waals surface area contributed by atoms with Gasteiger partial charge in [0.25, 0.3) is 0 Å². The van der Waals surface area contributed by atoms with Gasteiger partial charge in [-0.3, -0.25) is 4.99 Å². The van der Waals surface area contributed by atoms with Crippen molar-refractivity contribution in [2.24, 2.45) is 4.99 Å². The van der Waals surface area contributed by atoms with E-state index in [-0.39, 0.29) is 35.2 Å². The summed E-state index contributed by atoms with van der Waals surface area (Å²) in [5.74, 6) is 0.539. The molecule has 2 N–H and O–H groups in total. The molecule has 0 spiro atoms. The molecule has 0 atom stereocenters. The SMILES string of the molecule is CCc1cnc(CNC(=NC)NCC2(c3ccc(F)cc3)CCOCC2)s1.I. The van der Waals surface area contributed by atoms with Crippen molar-refractivity contribution in [3.8, 4) is 0 Å². The van der Waals surface area contributed by atoms with Gasteiger partial charge in [-0.15, -0.1) is 35.3 Å². The summed E-state index contributed by atoms with van der Waals surface area (Å²) < 4.78 is 18.9. The number of ether oxygens (including phenoxy) is 1. The molecule has 1 aromatic carbocycles. The van der Waals surface area contributed by atoms with Crippen LogP contribution in [0.5, 0.6) is 0 Å². The normalized spacial score (nSPS) is 16.3. The number of benzene rings is 1. The second-order valence-electron chi connectivity index (χ2n) is 6.75. The van der Waals surface area contributed by atoms with Crippen molar-refractivity contribution in [2.45, 2.75) is 38.1 Å². The fraction of sp³-hybridized carbons (Fsp3) is 0.500. The number of hydrogen-bond acceptors (Lipinski definition) is 4. The molecule has 0 amide bonds. The number of nitrogens with zero attached hydrogens (tertiary/aromatic N) is 2. The summed E-state index contributed by atoms with van der Waals surface area (Å²) in [6.07, 6.45) is 4.74. The van der Waals surface area contributed by atoms with Gasteiger partial charge in [0.05, 0.1) is 6.54 Å². The highest BCUT2D eigenvalue weighted by Crippen LogP contribution is 2.34. The quantitative estimate of drug-likeness (QED) is 0.347. The summed E-state index contributed by atoms with van der Waals surface area (Å²) >= 11 is 1.72. The largest absolute Gasteiger partial charge is 0.381 e. The molecule has 154 valence electrons. The number of guanidine groups is 1. The first-order chi connectivity index (χ1) is 13.1. The average Bonchev–Trinajstić information content (AvgIpc) is 3.17. The van der Waals surface area contributed by atoms with E-state index in [1.165, 1.54) is 17.0 Å². The van der Waals surface area contributed by atoms with Crippen molar-refractivity contribution in [1.29, 1.82) is 0 Å². The van der Waals surface area contributed by atoms with Gasteiger partial charge in [-0.25, -0.2) is 9.37 Å². The first kappa shape index (κ1) is 23.0. The highest BCUT2D eigenvalue weighted by atomic mass is 127. The van der Waals surface area contributed by atoms with Crippen LogP contribution in [0, 0.1) is 5.82 Å². The van der Waals surface area contributed by atoms with Crippen LogP contribution in [0.15, 0.2) is 35.5 Å². The Labute approximate surface area is 187 Å². The summed E-state index contributed by atoms with van der Waals surface area (Å²) in [5, 5.41) is 7.84. The van der Waals surface area contributed by atoms with Crippen LogP contribution in [0.2, 0.25) is 0 Å². The van der Waals surface area contributed by atoms with Gasteiger partial charge < -0.3 is 15.4 Å². The number of aliphatic imine (C=N–C) groups is 1. The first-order valence-electron chi connectivity index (χ1n) is 9.37. The van der Waals surface area contributed by atoms with E-state index in [2.05, 4.69) is 27.5 Å². The maximum atomic E-state index is 13.4. The zero-order valence-electron chi connectivity index (χ0n) is 16.3. The van der Waals surface area contributed by atoms with Crippen LogP contribution in [0.3, 0.4) is 0 Å². The first-order valence-corrected chi connectivity index (χ1v) is 10.2. The van der Waals surface area contributed by atoms with E-state index in [0.29, 0.717) is 19.8 Å². The predicted molar refractivity (Wildman–Crippen MR) is 123 cm³/mol. The lowest BCUT2D eigenvalue weighted by atomic mass is 9.74. The standard InChI is InChI=1S/C20H27FN4OS.HI/c1-3-17-12-23-18(27-17)13-24-19(22-2)25-14-20(8-10-26-11-9-20)15-4-6-16(21)7-5-15;/h4-7,12H,3,8-11,13-14H2,1-2H3,(H2,22,24,25);1H. The van der Waals surface area contributed by atoms with E-state index in [0.717, 1.165) is 42.3 Å². The summed E-state index contributed by atoms with van der Waals surface area (Å²) in [6, 6.07) is 6.85. The zero-order valence-corrected chi connectivity index (χ0v) is 19.5. The average molecular weight is 518 g/mol. The van der Waals surface area contributed by atoms with Crippen LogP contribution in [0.4, 0.5) is 4.39 Å². The second kappa shape index (κ2) is 11.1. The molecule has 8 heteroatoms. The number of hydrogen-bond donors (Lipinski definition) is 2. The van der Waals surface area contributed by atoms with E-state index in [9.17, 15) is 4.39 Å². The van der Waals surface area contributed by atoms with Gasteiger partial charge in [-0.2, -0.15) is 0 Å². The number of halogens is 2. The van der Waals surface area contributed by atoms with Crippen molar-refractivity contribution in [3.63, 3.8) is 0 Å². The fourth-order valence-electron chi connectivity index (χ4n) is 3.36. The minimum Gasteiger partial charge on any atom is -0.381 e. The van der Waals surface area contributed by atoms with Crippen molar-refractivity contribution in [3.05, 3.63) is 51.7 Å². The van der Waals surface area contributed by atoms with Crippen molar-refractivity contribution in [2.75, 3.05) is 26.8 Å². The van der Waals surface area contributed by atoms with Crippen LogP contribution in [-0.4, -0.2) is 37.7 Å². The molecule has 2 heterocycles. The van der Waals surface area contributed by atoms with E-state index in [1.54, 1.807) is 18.4 Å². The minimum atomic E-state index is -0.207. The molecule has 28 heavy (non-hydrogen) atoms. The fourth-order valence-corrected chi connectivity index (χ4v) is 4.16. The number of rotatable bonds is 6. The molecular weight excluding hydrogens is 490 g/mol. The van der Waals surface area contributed by atoms with Gasteiger partial charge in [-0.1, -0.05) is 19.1 Å². The molecular formula is C20H28FIN4OS. The van der Waals surface area contributed by atoms with E-state index in [4.69, 9.17) is 4.74 Å². The lowest BCUT2D eigenvalue weighted by Crippen LogP contribution is -2.47. The second-order valence-corrected chi connectivity index (χ2v) is 7.95. The van der Waals surface area contributed by atoms with Crippen LogP contribution in [-0.2, 0) is 23.1 Å². The Morgan fingerprint density at radius 3 is 2.57 bits per heavy atom. The molecule has 1 fully saturated rings. The Hall–Kier alpha value is -1.26. The Balaban J connectivity index is 0.00000280. The zero-order chi connectivity index (χ0) is 19.1. The van der Waals surface area contributed by atoms with Gasteiger partial charge in [0.15, 0.2) is 5.96 Å². The van der Waals surface area contributed by atoms with E-state index < -0.39 is 0 Å². The summed E-state index contributed by atoms with van der Waals surface area (Å²) in [4.78, 5) is 10.1. The van der Waals surface area contributed by atoms with Crippen LogP contribution < -0.4 is 10.6 Å². The van der Waals surface area contributed by atoms with Gasteiger partial charge >= 0.3 is 0 Å². The van der Waals surface area contributed by atoms with Crippen LogP contribution in [0.1, 0.15) is 35.2 Å². The van der Waals surface area contributed by atoms with Crippen molar-refractivity contribution < 1.29 is 9.13 Å². The molecule has 1 aliphatic heterocycles. The lowest BCUT2D eigenvalue weighted by Gasteiger charge is -2.38. The minimum absolute atomic E-state index is 0. The maximum Gasteiger partial charge on any atom is 0.191 e. The molecule has 0 aliphatic carbocycles. The van der Waals surface area contributed by atoms with Crippen LogP contribution >= 0.6 is 35.3 Å². The maximum absolute atomic E-state index is 13.4. The molecule has 1 saturated heterocycles. The van der Waals surface area contributed by atoms with Crippen LogP contribution in [0.25, 0.3) is 0 Å². The third-order valence-electron chi connectivity index (χ3n) is 5.08. The smallest absolute Gasteiger partial charge is 0.191 e. The molecule has 0 unspecified atom stereocenters. The number of aromatic nitrogens is 1. The predicted octanol–water partition coefficient (Wildman–Crippen LogP) is 3.88. The van der Waals surface area contributed by atoms with Gasteiger partial charge in [-0.05, 0) is 37.0 Å². The topological polar surface area (TPSA) is 58.5 Å². The number of aryl methyl sites for hydroxylation is 1. The van der Waals surface area contributed by atoms with Gasteiger partial charge in [0.2, 0.25) is 0 Å². The molecule has 0 radical (unpaired) electrons. The molecule has 3 rings (SSSR count). The number of thiazole rings is 1. The summed E-state index contributed by atoms with van der Waals surface area (Å²) in [5.41, 5.74) is 1.06. The molecule has 2 aromatic rings. The molecule has 1 aliphatic rings. The van der Waals surface area contributed by atoms with Crippen molar-refractivity contribution in [1.82, 2.24) is 15.6 Å². The molecule has 0 saturated carbocycles. The Morgan fingerprint density at radius 1 is 1.25 bits per heavy atom. The Kier molecular flexibility index (Phi) is 9.10. The third kappa shape index (κ3) is 5.87. The van der Waals surface area contributed by atoms with E-state index in [1.807, 2.05) is 18.3 Å². The highest BCUT2D eigenvalue weighted by Gasteiger charge is 2.34. The van der Waals surface area contributed by atoms with Crippen molar-refractivity contribution >= 4 is 41.3 Å². The molecule has 0 bridgehead atoms. The summed E-state index contributed by atoms with van der Waals surface area (Å²) in [7, 11) is 1.77. The number of nitrogens with one attached hydrogen (secondary N) is 2. The summed E-state index contributed by atoms with van der Waals surface area (Å²) in [6.45, 7) is 4.93. The lowest BCUT2D eigenvalue weighted by molar-refractivity contribution is 0.0513. The van der Waals surface area contributed by atoms with Gasteiger partial charge in [0.1, 0.15) is 10.8 Å². The Bertz CT molecular complexity index is 760. The van der Waals surface area contributed by atoms with Gasteiger partial charge in [0, 0.05) is 43.3 Å². The molecule has 1 aromatic heterocycles.